The molecule has 1 aliphatic heterocycles. The third kappa shape index (κ3) is 2.99. The van der Waals surface area contributed by atoms with Crippen molar-refractivity contribution in [2.45, 2.75) is 19.3 Å². The van der Waals surface area contributed by atoms with Crippen LogP contribution in [0.4, 0.5) is 5.69 Å². The van der Waals surface area contributed by atoms with Crippen molar-refractivity contribution in [1.29, 1.82) is 0 Å². The van der Waals surface area contributed by atoms with Crippen LogP contribution in [0, 0.1) is 5.92 Å². The molecule has 88 valence electrons. The van der Waals surface area contributed by atoms with Crippen LogP contribution < -0.4 is 5.32 Å². The van der Waals surface area contributed by atoms with Gasteiger partial charge in [0.05, 0.1) is 0 Å². The summed E-state index contributed by atoms with van der Waals surface area (Å²) in [7, 11) is 4.20. The lowest BCUT2D eigenvalue weighted by molar-refractivity contribution is 0.219. The molecule has 0 aromatic heterocycles. The number of rotatable bonds is 3. The lowest BCUT2D eigenvalue weighted by Crippen LogP contribution is -2.30. The second-order valence-electron chi connectivity index (χ2n) is 4.90. The maximum atomic E-state index is 3.20. The third-order valence-corrected chi connectivity index (χ3v) is 3.58. The van der Waals surface area contributed by atoms with E-state index in [1.165, 1.54) is 43.6 Å². The molecular weight excluding hydrogens is 196 g/mol. The molecule has 0 bridgehead atoms. The topological polar surface area (TPSA) is 15.3 Å². The second kappa shape index (κ2) is 5.35. The van der Waals surface area contributed by atoms with Crippen molar-refractivity contribution in [3.63, 3.8) is 0 Å². The molecule has 2 nitrogen and oxygen atoms in total. The highest BCUT2D eigenvalue weighted by Crippen LogP contribution is 2.22. The van der Waals surface area contributed by atoms with Gasteiger partial charge >= 0.3 is 0 Å². The molecule has 1 fully saturated rings. The van der Waals surface area contributed by atoms with E-state index in [1.807, 2.05) is 7.05 Å². The van der Waals surface area contributed by atoms with Crippen molar-refractivity contribution >= 4 is 5.69 Å². The normalized spacial score (nSPS) is 18.6. The summed E-state index contributed by atoms with van der Waals surface area (Å²) in [5.74, 6) is 0.878. The lowest BCUT2D eigenvalue weighted by Gasteiger charge is -2.29. The molecule has 0 unspecified atom stereocenters. The number of hydrogen-bond donors (Lipinski definition) is 1. The van der Waals surface area contributed by atoms with Gasteiger partial charge in [0.15, 0.2) is 0 Å². The molecule has 1 N–H and O–H groups in total. The Labute approximate surface area is 98.7 Å². The summed E-state index contributed by atoms with van der Waals surface area (Å²) >= 11 is 0. The molecule has 0 amide bonds. The summed E-state index contributed by atoms with van der Waals surface area (Å²) in [5, 5.41) is 3.20. The van der Waals surface area contributed by atoms with Crippen LogP contribution in [0.3, 0.4) is 0 Å². The molecule has 1 saturated heterocycles. The largest absolute Gasteiger partial charge is 0.388 e. The van der Waals surface area contributed by atoms with Crippen LogP contribution in [0.2, 0.25) is 0 Å². The van der Waals surface area contributed by atoms with E-state index in [0.717, 1.165) is 5.92 Å². The number of hydrogen-bond acceptors (Lipinski definition) is 2. The molecule has 0 spiro atoms. The summed E-state index contributed by atoms with van der Waals surface area (Å²) in [6, 6.07) is 8.80. The zero-order chi connectivity index (χ0) is 11.4. The molecule has 0 atom stereocenters. The Morgan fingerprint density at radius 1 is 1.31 bits per heavy atom. The van der Waals surface area contributed by atoms with Crippen LogP contribution in [0.1, 0.15) is 18.4 Å². The highest BCUT2D eigenvalue weighted by Gasteiger charge is 2.16. The number of nitrogens with zero attached hydrogens (tertiary/aromatic N) is 1. The van der Waals surface area contributed by atoms with Gasteiger partial charge < -0.3 is 10.2 Å². The Kier molecular flexibility index (Phi) is 3.83. The van der Waals surface area contributed by atoms with E-state index in [2.05, 4.69) is 41.5 Å². The Morgan fingerprint density at radius 2 is 2.06 bits per heavy atom. The first-order chi connectivity index (χ1) is 7.78. The highest BCUT2D eigenvalue weighted by molar-refractivity contribution is 5.45. The summed E-state index contributed by atoms with van der Waals surface area (Å²) in [4.78, 5) is 2.43. The molecule has 16 heavy (non-hydrogen) atoms. The number of anilines is 1. The van der Waals surface area contributed by atoms with E-state index in [0.29, 0.717) is 0 Å². The van der Waals surface area contributed by atoms with Crippen LogP contribution in [0.25, 0.3) is 0 Å². The zero-order valence-electron chi connectivity index (χ0n) is 10.4. The third-order valence-electron chi connectivity index (χ3n) is 3.58. The van der Waals surface area contributed by atoms with Crippen LogP contribution in [0.15, 0.2) is 24.3 Å². The Hall–Kier alpha value is -1.02. The van der Waals surface area contributed by atoms with Crippen molar-refractivity contribution in [3.8, 4) is 0 Å². The van der Waals surface area contributed by atoms with Gasteiger partial charge in [0, 0.05) is 12.7 Å². The molecule has 1 aliphatic rings. The Morgan fingerprint density at radius 3 is 2.75 bits per heavy atom. The first-order valence-corrected chi connectivity index (χ1v) is 6.23. The minimum atomic E-state index is 0.878. The molecule has 1 heterocycles. The minimum Gasteiger partial charge on any atom is -0.388 e. The fraction of sp³-hybridized carbons (Fsp3) is 0.571. The van der Waals surface area contributed by atoms with Crippen LogP contribution in [-0.4, -0.2) is 32.1 Å². The van der Waals surface area contributed by atoms with Gasteiger partial charge in [-0.3, -0.25) is 0 Å². The smallest absolute Gasteiger partial charge is 0.0340 e. The number of piperidine rings is 1. The summed E-state index contributed by atoms with van der Waals surface area (Å²) in [6.07, 6.45) is 3.93. The summed E-state index contributed by atoms with van der Waals surface area (Å²) in [6.45, 7) is 2.52. The highest BCUT2D eigenvalue weighted by atomic mass is 15.1. The number of nitrogens with one attached hydrogen (secondary N) is 1. The number of benzene rings is 1. The molecule has 0 radical (unpaired) electrons. The predicted molar refractivity (Wildman–Crippen MR) is 69.9 cm³/mol. The summed E-state index contributed by atoms with van der Waals surface area (Å²) < 4.78 is 0. The van der Waals surface area contributed by atoms with E-state index in [4.69, 9.17) is 0 Å². The minimum absolute atomic E-state index is 0.878. The quantitative estimate of drug-likeness (QED) is 0.839. The Bertz CT molecular complexity index is 327. The number of likely N-dealkylation sites (tertiary alicyclic amines) is 1. The van der Waals surface area contributed by atoms with E-state index < -0.39 is 0 Å². The molecular formula is C14H22N2. The van der Waals surface area contributed by atoms with E-state index in [-0.39, 0.29) is 0 Å². The maximum absolute atomic E-state index is 3.20. The Balaban J connectivity index is 1.93. The first kappa shape index (κ1) is 11.5. The standard InChI is InChI=1S/C14H22N2/c1-15-14-5-3-4-13(11-14)10-12-6-8-16(2)9-7-12/h3-5,11-12,15H,6-10H2,1-2H3. The zero-order valence-corrected chi connectivity index (χ0v) is 10.4. The van der Waals surface area contributed by atoms with Gasteiger partial charge in [0.2, 0.25) is 0 Å². The van der Waals surface area contributed by atoms with Gasteiger partial charge in [-0.25, -0.2) is 0 Å². The van der Waals surface area contributed by atoms with Gasteiger partial charge in [-0.2, -0.15) is 0 Å². The van der Waals surface area contributed by atoms with Crippen LogP contribution >= 0.6 is 0 Å². The van der Waals surface area contributed by atoms with Crippen molar-refractivity contribution in [2.24, 2.45) is 5.92 Å². The van der Waals surface area contributed by atoms with Gasteiger partial charge in [-0.15, -0.1) is 0 Å². The molecule has 1 aromatic rings. The maximum Gasteiger partial charge on any atom is 0.0340 e. The molecule has 0 aliphatic carbocycles. The van der Waals surface area contributed by atoms with E-state index in [9.17, 15) is 0 Å². The van der Waals surface area contributed by atoms with Crippen LogP contribution in [0.5, 0.6) is 0 Å². The fourth-order valence-electron chi connectivity index (χ4n) is 2.45. The van der Waals surface area contributed by atoms with E-state index >= 15 is 0 Å². The van der Waals surface area contributed by atoms with Crippen molar-refractivity contribution < 1.29 is 0 Å². The van der Waals surface area contributed by atoms with Crippen LogP contribution in [-0.2, 0) is 6.42 Å². The fourth-order valence-corrected chi connectivity index (χ4v) is 2.45. The first-order valence-electron chi connectivity index (χ1n) is 6.23. The lowest BCUT2D eigenvalue weighted by atomic mass is 9.90. The summed E-state index contributed by atoms with van der Waals surface area (Å²) in [5.41, 5.74) is 2.70. The SMILES string of the molecule is CNc1cccc(CC2CCN(C)CC2)c1. The van der Waals surface area contributed by atoms with Gasteiger partial charge in [-0.1, -0.05) is 12.1 Å². The van der Waals surface area contributed by atoms with E-state index in [1.54, 1.807) is 0 Å². The van der Waals surface area contributed by atoms with Gasteiger partial charge in [0.25, 0.3) is 0 Å². The van der Waals surface area contributed by atoms with Gasteiger partial charge in [0.1, 0.15) is 0 Å². The molecule has 1 aromatic carbocycles. The van der Waals surface area contributed by atoms with Crippen molar-refractivity contribution in [1.82, 2.24) is 4.90 Å². The predicted octanol–water partition coefficient (Wildman–Crippen LogP) is 2.61. The monoisotopic (exact) mass is 218 g/mol. The molecule has 2 rings (SSSR count). The average Bonchev–Trinajstić information content (AvgIpc) is 2.32. The van der Waals surface area contributed by atoms with Crippen molar-refractivity contribution in [2.75, 3.05) is 32.5 Å². The second-order valence-corrected chi connectivity index (χ2v) is 4.90. The van der Waals surface area contributed by atoms with Gasteiger partial charge in [-0.05, 0) is 63.0 Å². The average molecular weight is 218 g/mol. The van der Waals surface area contributed by atoms with Crippen molar-refractivity contribution in [3.05, 3.63) is 29.8 Å². The molecule has 2 heteroatoms. The molecule has 0 saturated carbocycles.